The van der Waals surface area contributed by atoms with Crippen LogP contribution in [0.2, 0.25) is 0 Å². The van der Waals surface area contributed by atoms with E-state index in [9.17, 15) is 14.4 Å². The third-order valence-corrected chi connectivity index (χ3v) is 5.25. The highest BCUT2D eigenvalue weighted by Gasteiger charge is 2.55. The van der Waals surface area contributed by atoms with E-state index in [1.807, 2.05) is 39.0 Å². The van der Waals surface area contributed by atoms with Gasteiger partial charge >= 0.3 is 0 Å². The Morgan fingerprint density at radius 2 is 1.72 bits per heavy atom. The van der Waals surface area contributed by atoms with E-state index in [0.717, 1.165) is 21.6 Å². The Bertz CT molecular complexity index is 1030. The summed E-state index contributed by atoms with van der Waals surface area (Å²) in [7, 11) is 0. The summed E-state index contributed by atoms with van der Waals surface area (Å²) in [5.74, 6) is -1.18. The molecule has 29 heavy (non-hydrogen) atoms. The molecule has 2 atom stereocenters. The number of hydrogen-bond acceptors (Lipinski definition) is 6. The minimum absolute atomic E-state index is 0.168. The zero-order chi connectivity index (χ0) is 20.7. The smallest absolute Gasteiger partial charge is 0.263 e. The van der Waals surface area contributed by atoms with E-state index < -0.39 is 23.9 Å². The number of carbonyl (C=O) groups excluding carboxylic acids is 3. The number of anilines is 2. The van der Waals surface area contributed by atoms with Crippen molar-refractivity contribution < 1.29 is 14.4 Å². The predicted octanol–water partition coefficient (Wildman–Crippen LogP) is 2.54. The Balaban J connectivity index is 1.49. The minimum atomic E-state index is -0.920. The van der Waals surface area contributed by atoms with Crippen LogP contribution in [0, 0.1) is 20.8 Å². The van der Waals surface area contributed by atoms with Crippen LogP contribution in [0.25, 0.3) is 0 Å². The molecule has 0 bridgehead atoms. The maximum Gasteiger partial charge on any atom is 0.263 e. The maximum atomic E-state index is 13.0. The lowest BCUT2D eigenvalue weighted by molar-refractivity contribution is -0.123. The molecule has 4 rings (SSSR count). The van der Waals surface area contributed by atoms with Gasteiger partial charge in [0, 0.05) is 5.69 Å². The van der Waals surface area contributed by atoms with Gasteiger partial charge in [-0.25, -0.2) is 4.90 Å². The second kappa shape index (κ2) is 7.12. The lowest BCUT2D eigenvalue weighted by atomic mass is 10.1. The van der Waals surface area contributed by atoms with Gasteiger partial charge in [-0.15, -0.1) is 0 Å². The van der Waals surface area contributed by atoms with Crippen LogP contribution in [0.5, 0.6) is 0 Å². The highest BCUT2D eigenvalue weighted by molar-refractivity contribution is 6.25. The quantitative estimate of drug-likeness (QED) is 0.811. The summed E-state index contributed by atoms with van der Waals surface area (Å²) < 4.78 is 0. The van der Waals surface area contributed by atoms with Gasteiger partial charge in [-0.05, 0) is 56.2 Å². The van der Waals surface area contributed by atoms with Gasteiger partial charge in [0.05, 0.1) is 5.69 Å². The van der Waals surface area contributed by atoms with Crippen LogP contribution in [0.3, 0.4) is 0 Å². The fourth-order valence-corrected chi connectivity index (χ4v) is 3.46. The van der Waals surface area contributed by atoms with E-state index in [-0.39, 0.29) is 12.5 Å². The molecule has 2 aliphatic rings. The summed E-state index contributed by atoms with van der Waals surface area (Å²) in [6, 6.07) is 11.0. The van der Waals surface area contributed by atoms with E-state index in [1.54, 1.807) is 24.3 Å². The Morgan fingerprint density at radius 1 is 1.00 bits per heavy atom. The molecule has 2 aromatic rings. The van der Waals surface area contributed by atoms with E-state index in [2.05, 4.69) is 15.7 Å². The van der Waals surface area contributed by atoms with Gasteiger partial charge in [0.25, 0.3) is 11.8 Å². The first-order valence-corrected chi connectivity index (χ1v) is 9.34. The SMILES string of the molecule is Cc1ccc(NC(=O)CN2N=NC3C(=O)N(c4ccc(C)c(C)c4)C(=O)C32)cc1. The van der Waals surface area contributed by atoms with Crippen molar-refractivity contribution in [3.8, 4) is 0 Å². The van der Waals surface area contributed by atoms with Crippen molar-refractivity contribution in [2.75, 3.05) is 16.8 Å². The summed E-state index contributed by atoms with van der Waals surface area (Å²) >= 11 is 0. The molecular formula is C21H21N5O3. The Labute approximate surface area is 168 Å². The van der Waals surface area contributed by atoms with Gasteiger partial charge in [0.1, 0.15) is 6.54 Å². The first kappa shape index (κ1) is 18.8. The summed E-state index contributed by atoms with van der Waals surface area (Å²) in [4.78, 5) is 39.3. The maximum absolute atomic E-state index is 13.0. The Hall–Kier alpha value is -3.55. The molecule has 148 valence electrons. The summed E-state index contributed by atoms with van der Waals surface area (Å²) in [6.07, 6.45) is 0. The molecule has 0 radical (unpaired) electrons. The van der Waals surface area contributed by atoms with E-state index >= 15 is 0 Å². The topological polar surface area (TPSA) is 94.4 Å². The Kier molecular flexibility index (Phi) is 4.62. The van der Waals surface area contributed by atoms with Crippen molar-refractivity contribution in [2.45, 2.75) is 32.9 Å². The fourth-order valence-electron chi connectivity index (χ4n) is 3.46. The first-order valence-electron chi connectivity index (χ1n) is 9.34. The number of aryl methyl sites for hydroxylation is 3. The molecule has 2 unspecified atom stereocenters. The summed E-state index contributed by atoms with van der Waals surface area (Å²) in [5.41, 5.74) is 4.30. The van der Waals surface area contributed by atoms with Crippen molar-refractivity contribution in [1.29, 1.82) is 0 Å². The number of imide groups is 1. The number of nitrogens with zero attached hydrogens (tertiary/aromatic N) is 4. The van der Waals surface area contributed by atoms with Crippen LogP contribution >= 0.6 is 0 Å². The molecule has 0 spiro atoms. The normalized spacial score (nSPS) is 20.4. The molecule has 2 aliphatic heterocycles. The summed E-state index contributed by atoms with van der Waals surface area (Å²) in [5, 5.41) is 11.9. The number of nitrogens with one attached hydrogen (secondary N) is 1. The summed E-state index contributed by atoms with van der Waals surface area (Å²) in [6.45, 7) is 5.68. The zero-order valence-corrected chi connectivity index (χ0v) is 16.4. The van der Waals surface area contributed by atoms with Crippen molar-refractivity contribution in [2.24, 2.45) is 10.3 Å². The molecular weight excluding hydrogens is 370 g/mol. The van der Waals surface area contributed by atoms with E-state index in [4.69, 9.17) is 0 Å². The number of carbonyl (C=O) groups is 3. The monoisotopic (exact) mass is 391 g/mol. The molecule has 0 saturated carbocycles. The molecule has 8 nitrogen and oxygen atoms in total. The second-order valence-electron chi connectivity index (χ2n) is 7.39. The lowest BCUT2D eigenvalue weighted by Crippen LogP contribution is -2.43. The third-order valence-electron chi connectivity index (χ3n) is 5.25. The number of hydrogen-bond donors (Lipinski definition) is 1. The van der Waals surface area contributed by atoms with Crippen LogP contribution in [-0.2, 0) is 14.4 Å². The van der Waals surface area contributed by atoms with Gasteiger partial charge in [0.2, 0.25) is 5.91 Å². The number of fused-ring (bicyclic) bond motifs is 1. The van der Waals surface area contributed by atoms with Crippen molar-refractivity contribution in [1.82, 2.24) is 5.01 Å². The van der Waals surface area contributed by atoms with Gasteiger partial charge in [-0.3, -0.25) is 19.4 Å². The average molecular weight is 391 g/mol. The van der Waals surface area contributed by atoms with Crippen LogP contribution in [-0.4, -0.2) is 41.4 Å². The molecule has 2 heterocycles. The molecule has 0 aliphatic carbocycles. The van der Waals surface area contributed by atoms with Crippen LogP contribution in [0.4, 0.5) is 11.4 Å². The highest BCUT2D eigenvalue weighted by Crippen LogP contribution is 2.32. The zero-order valence-electron chi connectivity index (χ0n) is 16.4. The van der Waals surface area contributed by atoms with Crippen molar-refractivity contribution in [3.05, 3.63) is 59.2 Å². The highest BCUT2D eigenvalue weighted by atomic mass is 16.2. The van der Waals surface area contributed by atoms with E-state index in [1.165, 1.54) is 5.01 Å². The fraction of sp³-hybridized carbons (Fsp3) is 0.286. The van der Waals surface area contributed by atoms with Gasteiger partial charge in [-0.1, -0.05) is 29.0 Å². The molecule has 3 amide bonds. The van der Waals surface area contributed by atoms with Crippen LogP contribution < -0.4 is 10.2 Å². The predicted molar refractivity (Wildman–Crippen MR) is 107 cm³/mol. The van der Waals surface area contributed by atoms with Crippen LogP contribution in [0.15, 0.2) is 52.8 Å². The third kappa shape index (κ3) is 3.37. The van der Waals surface area contributed by atoms with E-state index in [0.29, 0.717) is 11.4 Å². The number of benzene rings is 2. The number of rotatable bonds is 4. The molecule has 1 saturated heterocycles. The largest absolute Gasteiger partial charge is 0.324 e. The molecule has 0 aromatic heterocycles. The lowest BCUT2D eigenvalue weighted by Gasteiger charge is -2.20. The molecule has 1 N–H and O–H groups in total. The average Bonchev–Trinajstić information content (AvgIpc) is 3.20. The molecule has 1 fully saturated rings. The minimum Gasteiger partial charge on any atom is -0.324 e. The standard InChI is InChI=1S/C21H21N5O3/c1-12-4-7-15(8-5-12)22-17(27)11-25-19-18(23-24-25)20(28)26(21(19)29)16-9-6-13(2)14(3)10-16/h4-10,18-19H,11H2,1-3H3,(H,22,27). The van der Waals surface area contributed by atoms with Crippen molar-refractivity contribution in [3.63, 3.8) is 0 Å². The van der Waals surface area contributed by atoms with Gasteiger partial charge < -0.3 is 5.32 Å². The van der Waals surface area contributed by atoms with Crippen molar-refractivity contribution >= 4 is 29.1 Å². The number of amides is 3. The Morgan fingerprint density at radius 3 is 2.41 bits per heavy atom. The first-order chi connectivity index (χ1) is 13.8. The van der Waals surface area contributed by atoms with Gasteiger partial charge in [-0.2, -0.15) is 5.11 Å². The molecule has 8 heteroatoms. The van der Waals surface area contributed by atoms with Gasteiger partial charge in [0.15, 0.2) is 12.1 Å². The second-order valence-corrected chi connectivity index (χ2v) is 7.39. The van der Waals surface area contributed by atoms with Crippen LogP contribution in [0.1, 0.15) is 16.7 Å². The molecule has 2 aromatic carbocycles.